The van der Waals surface area contributed by atoms with Crippen LogP contribution in [-0.4, -0.2) is 27.2 Å². The molecular formula is C19H18ClFN4O2. The van der Waals surface area contributed by atoms with Gasteiger partial charge in [-0.1, -0.05) is 11.6 Å². The molecule has 5 rings (SSSR count). The maximum atomic E-state index is 14.5. The third-order valence-corrected chi connectivity index (χ3v) is 6.10. The molecule has 0 unspecified atom stereocenters. The summed E-state index contributed by atoms with van der Waals surface area (Å²) in [5.74, 6) is -0.138. The van der Waals surface area contributed by atoms with Gasteiger partial charge in [-0.2, -0.15) is 5.10 Å². The number of aromatic amines is 1. The maximum absolute atomic E-state index is 14.5. The number of carbonyl (C=O) groups excluding carboxylic acids is 1. The van der Waals surface area contributed by atoms with Gasteiger partial charge in [-0.05, 0) is 61.3 Å². The zero-order valence-corrected chi connectivity index (χ0v) is 15.2. The molecule has 1 aliphatic carbocycles. The van der Waals surface area contributed by atoms with Crippen LogP contribution < -0.4 is 10.9 Å². The van der Waals surface area contributed by atoms with E-state index in [4.69, 9.17) is 11.6 Å². The highest BCUT2D eigenvalue weighted by molar-refractivity contribution is 6.31. The van der Waals surface area contributed by atoms with Crippen molar-refractivity contribution in [3.05, 3.63) is 56.2 Å². The largest absolute Gasteiger partial charge is 0.322 e. The molecule has 140 valence electrons. The number of anilines is 1. The van der Waals surface area contributed by atoms with E-state index in [1.165, 1.54) is 12.1 Å². The summed E-state index contributed by atoms with van der Waals surface area (Å²) in [6, 6.07) is 3.89. The predicted octanol–water partition coefficient (Wildman–Crippen LogP) is 3.73. The Balaban J connectivity index is 1.41. The van der Waals surface area contributed by atoms with Crippen molar-refractivity contribution >= 4 is 23.3 Å². The number of urea groups is 1. The number of fused-ring (bicyclic) bond motifs is 4. The first-order valence-electron chi connectivity index (χ1n) is 9.18. The van der Waals surface area contributed by atoms with Gasteiger partial charge in [-0.15, -0.1) is 0 Å². The molecule has 2 amide bonds. The highest BCUT2D eigenvalue weighted by Crippen LogP contribution is 2.45. The molecule has 2 bridgehead atoms. The number of rotatable bonds is 2. The molecule has 2 aliphatic heterocycles. The van der Waals surface area contributed by atoms with Gasteiger partial charge in [0.1, 0.15) is 5.82 Å². The van der Waals surface area contributed by atoms with Crippen LogP contribution in [0.25, 0.3) is 0 Å². The molecule has 8 heteroatoms. The average molecular weight is 389 g/mol. The monoisotopic (exact) mass is 388 g/mol. The molecule has 3 heterocycles. The molecular weight excluding hydrogens is 371 g/mol. The van der Waals surface area contributed by atoms with Gasteiger partial charge in [0.05, 0.1) is 17.4 Å². The first kappa shape index (κ1) is 16.7. The van der Waals surface area contributed by atoms with E-state index in [1.807, 2.05) is 0 Å². The molecule has 6 nitrogen and oxygen atoms in total. The minimum absolute atomic E-state index is 0.0182. The Bertz CT molecular complexity index is 1000. The number of aromatic nitrogens is 2. The second-order valence-corrected chi connectivity index (χ2v) is 7.97. The van der Waals surface area contributed by atoms with Crippen molar-refractivity contribution in [3.8, 4) is 0 Å². The van der Waals surface area contributed by atoms with E-state index in [2.05, 4.69) is 15.5 Å². The van der Waals surface area contributed by atoms with Crippen LogP contribution in [-0.2, 0) is 6.42 Å². The summed E-state index contributed by atoms with van der Waals surface area (Å²) in [5.41, 5.74) is 2.28. The number of hydrogen-bond donors (Lipinski definition) is 2. The van der Waals surface area contributed by atoms with E-state index in [0.29, 0.717) is 17.4 Å². The average Bonchev–Trinajstić information content (AvgIpc) is 3.41. The minimum Gasteiger partial charge on any atom is -0.313 e. The molecule has 0 spiro atoms. The Morgan fingerprint density at radius 3 is 2.85 bits per heavy atom. The van der Waals surface area contributed by atoms with Crippen molar-refractivity contribution in [2.45, 2.75) is 50.1 Å². The number of nitrogens with one attached hydrogen (secondary N) is 2. The molecule has 2 aromatic rings. The zero-order valence-electron chi connectivity index (χ0n) is 14.5. The molecule has 1 aromatic heterocycles. The third-order valence-electron chi connectivity index (χ3n) is 5.77. The fourth-order valence-corrected chi connectivity index (χ4v) is 4.68. The van der Waals surface area contributed by atoms with Crippen LogP contribution in [0.1, 0.15) is 54.5 Å². The fraction of sp³-hybridized carbons (Fsp3) is 0.421. The number of carbonyl (C=O) groups is 1. The van der Waals surface area contributed by atoms with Gasteiger partial charge >= 0.3 is 6.03 Å². The molecule has 1 saturated carbocycles. The highest BCUT2D eigenvalue weighted by atomic mass is 35.5. The molecule has 27 heavy (non-hydrogen) atoms. The van der Waals surface area contributed by atoms with Crippen molar-refractivity contribution in [1.82, 2.24) is 15.1 Å². The number of H-pyrrole nitrogens is 1. The van der Waals surface area contributed by atoms with Gasteiger partial charge in [0.25, 0.3) is 5.56 Å². The molecule has 1 saturated heterocycles. The lowest BCUT2D eigenvalue weighted by molar-refractivity contribution is 0.177. The highest BCUT2D eigenvalue weighted by Gasteiger charge is 2.44. The summed E-state index contributed by atoms with van der Waals surface area (Å²) in [7, 11) is 0. The van der Waals surface area contributed by atoms with E-state index < -0.39 is 5.82 Å². The van der Waals surface area contributed by atoms with Gasteiger partial charge in [-0.25, -0.2) is 14.3 Å². The molecule has 3 aliphatic rings. The number of amides is 2. The van der Waals surface area contributed by atoms with Gasteiger partial charge < -0.3 is 10.2 Å². The van der Waals surface area contributed by atoms with Crippen LogP contribution in [0.5, 0.6) is 0 Å². The first-order valence-corrected chi connectivity index (χ1v) is 9.56. The number of benzene rings is 1. The van der Waals surface area contributed by atoms with E-state index in [-0.39, 0.29) is 29.4 Å². The van der Waals surface area contributed by atoms with Crippen LogP contribution in [0.3, 0.4) is 0 Å². The Morgan fingerprint density at radius 2 is 2.07 bits per heavy atom. The van der Waals surface area contributed by atoms with Crippen molar-refractivity contribution in [3.63, 3.8) is 0 Å². The summed E-state index contributed by atoms with van der Waals surface area (Å²) in [6.07, 6.45) is 4.23. The maximum Gasteiger partial charge on any atom is 0.322 e. The van der Waals surface area contributed by atoms with Gasteiger partial charge in [0, 0.05) is 17.1 Å². The van der Waals surface area contributed by atoms with Crippen LogP contribution in [0.15, 0.2) is 23.0 Å². The van der Waals surface area contributed by atoms with Gasteiger partial charge in [0.15, 0.2) is 0 Å². The van der Waals surface area contributed by atoms with Crippen molar-refractivity contribution in [2.24, 2.45) is 0 Å². The van der Waals surface area contributed by atoms with Crippen LogP contribution >= 0.6 is 11.6 Å². The third kappa shape index (κ3) is 2.81. The van der Waals surface area contributed by atoms with Crippen LogP contribution in [0.4, 0.5) is 14.9 Å². The van der Waals surface area contributed by atoms with Crippen LogP contribution in [0, 0.1) is 5.82 Å². The summed E-state index contributed by atoms with van der Waals surface area (Å²) in [6.45, 7) is 0. The first-order chi connectivity index (χ1) is 13.0. The number of hydrogen-bond acceptors (Lipinski definition) is 3. The lowest BCUT2D eigenvalue weighted by atomic mass is 9.99. The molecule has 2 fully saturated rings. The summed E-state index contributed by atoms with van der Waals surface area (Å²) < 4.78 is 14.5. The standard InChI is InChI=1S/C19H18ClFN4O2/c20-13-8-15(14(21)7-12(13)9-1-2-9)22-19(27)25-11-3-4-16(25)18-10(5-11)6-17(26)23-24-18/h6-9,11,16H,1-5H2,(H,22,27)(H,23,26)/t11-,16+/m0/s1. The van der Waals surface area contributed by atoms with Crippen molar-refractivity contribution in [2.75, 3.05) is 5.32 Å². The quantitative estimate of drug-likeness (QED) is 0.822. The number of nitrogens with zero attached hydrogens (tertiary/aromatic N) is 2. The predicted molar refractivity (Wildman–Crippen MR) is 98.6 cm³/mol. The normalized spacial score (nSPS) is 23.3. The Kier molecular flexibility index (Phi) is 3.75. The topological polar surface area (TPSA) is 78.1 Å². The molecule has 2 N–H and O–H groups in total. The molecule has 1 aromatic carbocycles. The van der Waals surface area contributed by atoms with Gasteiger partial charge in [-0.3, -0.25) is 4.79 Å². The molecule has 0 radical (unpaired) electrons. The fourth-order valence-electron chi connectivity index (χ4n) is 4.36. The Morgan fingerprint density at radius 1 is 1.26 bits per heavy atom. The lowest BCUT2D eigenvalue weighted by Gasteiger charge is -2.35. The van der Waals surface area contributed by atoms with Crippen molar-refractivity contribution in [1.29, 1.82) is 0 Å². The Hall–Kier alpha value is -2.41. The second kappa shape index (κ2) is 6.05. The summed E-state index contributed by atoms with van der Waals surface area (Å²) in [4.78, 5) is 26.1. The van der Waals surface area contributed by atoms with E-state index in [0.717, 1.165) is 42.5 Å². The van der Waals surface area contributed by atoms with Crippen molar-refractivity contribution < 1.29 is 9.18 Å². The number of halogens is 2. The summed E-state index contributed by atoms with van der Waals surface area (Å²) >= 11 is 6.28. The van der Waals surface area contributed by atoms with Crippen LogP contribution in [0.2, 0.25) is 5.02 Å². The lowest BCUT2D eigenvalue weighted by Crippen LogP contribution is -2.45. The van der Waals surface area contributed by atoms with E-state index >= 15 is 0 Å². The Labute approximate surface area is 159 Å². The molecule has 2 atom stereocenters. The van der Waals surface area contributed by atoms with E-state index in [1.54, 1.807) is 11.0 Å². The van der Waals surface area contributed by atoms with Gasteiger partial charge in [0.2, 0.25) is 0 Å². The van der Waals surface area contributed by atoms with E-state index in [9.17, 15) is 14.0 Å². The second-order valence-electron chi connectivity index (χ2n) is 7.56. The summed E-state index contributed by atoms with van der Waals surface area (Å²) in [5, 5.41) is 9.77. The SMILES string of the molecule is O=C(Nc1cc(Cl)c(C2CC2)cc1F)N1[C@H]2CC[C@@H]1c1n[nH]c(=O)cc1C2. The zero-order chi connectivity index (χ0) is 18.7. The smallest absolute Gasteiger partial charge is 0.313 e. The minimum atomic E-state index is -0.470.